The van der Waals surface area contributed by atoms with Gasteiger partial charge < -0.3 is 9.67 Å². The van der Waals surface area contributed by atoms with Crippen LogP contribution in [-0.2, 0) is 11.3 Å². The summed E-state index contributed by atoms with van der Waals surface area (Å²) in [5.41, 5.74) is 0.688. The van der Waals surface area contributed by atoms with E-state index < -0.39 is 5.97 Å². The van der Waals surface area contributed by atoms with Gasteiger partial charge in [0.15, 0.2) is 0 Å². The van der Waals surface area contributed by atoms with Crippen LogP contribution in [0.5, 0.6) is 0 Å². The number of carbonyl (C=O) groups is 1. The van der Waals surface area contributed by atoms with Crippen molar-refractivity contribution in [2.75, 3.05) is 0 Å². The Morgan fingerprint density at radius 2 is 2.29 bits per heavy atom. The number of allylic oxidation sites excluding steroid dienone is 1. The van der Waals surface area contributed by atoms with Gasteiger partial charge in [0.05, 0.1) is 0 Å². The summed E-state index contributed by atoms with van der Waals surface area (Å²) in [5, 5.41) is 8.36. The second kappa shape index (κ2) is 4.41. The molecule has 1 N–H and O–H groups in total. The number of rotatable bonds is 3. The van der Waals surface area contributed by atoms with Gasteiger partial charge in [-0.25, -0.2) is 4.79 Å². The van der Waals surface area contributed by atoms with Crippen LogP contribution in [-0.4, -0.2) is 15.6 Å². The minimum atomic E-state index is -1.01. The molecule has 1 aromatic rings. The molecule has 14 heavy (non-hydrogen) atoms. The van der Waals surface area contributed by atoms with Gasteiger partial charge in [0, 0.05) is 24.4 Å². The fraction of sp³-hybridized carbons (Fsp3) is 0.200. The Labute approximate surface area is 81.1 Å². The predicted molar refractivity (Wildman–Crippen MR) is 52.2 cm³/mol. The van der Waals surface area contributed by atoms with Gasteiger partial charge in [-0.1, -0.05) is 12.1 Å². The molecule has 0 radical (unpaired) electrons. The van der Waals surface area contributed by atoms with Crippen molar-refractivity contribution in [3.05, 3.63) is 46.4 Å². The second-order valence-corrected chi connectivity index (χ2v) is 2.86. The van der Waals surface area contributed by atoms with Crippen LogP contribution in [0.3, 0.4) is 0 Å². The van der Waals surface area contributed by atoms with Gasteiger partial charge in [-0.05, 0) is 13.0 Å². The first-order valence-corrected chi connectivity index (χ1v) is 4.17. The first-order valence-electron chi connectivity index (χ1n) is 4.17. The van der Waals surface area contributed by atoms with Crippen molar-refractivity contribution in [3.63, 3.8) is 0 Å². The van der Waals surface area contributed by atoms with Gasteiger partial charge in [0.25, 0.3) is 5.56 Å². The first kappa shape index (κ1) is 10.2. The molecule has 0 aromatic carbocycles. The Kier molecular flexibility index (Phi) is 3.23. The average Bonchev–Trinajstić information content (AvgIpc) is 2.09. The molecule has 0 fully saturated rings. The fourth-order valence-electron chi connectivity index (χ4n) is 1.12. The molecule has 1 heterocycles. The lowest BCUT2D eigenvalue weighted by Crippen LogP contribution is -2.20. The van der Waals surface area contributed by atoms with Gasteiger partial charge in [0.2, 0.25) is 0 Å². The van der Waals surface area contributed by atoms with Crippen LogP contribution < -0.4 is 5.56 Å². The minimum absolute atomic E-state index is 0.125. The van der Waals surface area contributed by atoms with Crippen LogP contribution in [0.4, 0.5) is 0 Å². The van der Waals surface area contributed by atoms with Crippen LogP contribution in [0.2, 0.25) is 0 Å². The first-order chi connectivity index (χ1) is 6.61. The van der Waals surface area contributed by atoms with E-state index >= 15 is 0 Å². The van der Waals surface area contributed by atoms with Crippen LogP contribution >= 0.6 is 0 Å². The highest BCUT2D eigenvalue weighted by molar-refractivity contribution is 5.79. The Morgan fingerprint density at radius 1 is 1.57 bits per heavy atom. The van der Waals surface area contributed by atoms with E-state index in [-0.39, 0.29) is 12.1 Å². The maximum Gasteiger partial charge on any atom is 0.328 e. The summed E-state index contributed by atoms with van der Waals surface area (Å²) in [7, 11) is 0. The van der Waals surface area contributed by atoms with E-state index in [9.17, 15) is 9.59 Å². The maximum atomic E-state index is 11.3. The monoisotopic (exact) mass is 193 g/mol. The molecule has 0 atom stereocenters. The summed E-state index contributed by atoms with van der Waals surface area (Å²) in [6, 6.07) is 4.92. The van der Waals surface area contributed by atoms with Crippen molar-refractivity contribution in [2.45, 2.75) is 13.5 Å². The summed E-state index contributed by atoms with van der Waals surface area (Å²) in [6.45, 7) is 2.09. The molecular weight excluding hydrogens is 182 g/mol. The molecule has 0 spiro atoms. The second-order valence-electron chi connectivity index (χ2n) is 2.86. The van der Waals surface area contributed by atoms with Gasteiger partial charge in [-0.3, -0.25) is 4.79 Å². The number of carboxylic acids is 1. The molecule has 0 saturated heterocycles. The van der Waals surface area contributed by atoms with E-state index in [0.29, 0.717) is 0 Å². The molecular formula is C10H11NO3. The predicted octanol–water partition coefficient (Wildman–Crippen LogP) is 0.798. The average molecular weight is 193 g/mol. The van der Waals surface area contributed by atoms with E-state index in [4.69, 9.17) is 5.11 Å². The number of aliphatic carboxylic acids is 1. The normalized spacial score (nSPS) is 10.6. The van der Waals surface area contributed by atoms with Crippen molar-refractivity contribution in [2.24, 2.45) is 0 Å². The zero-order valence-electron chi connectivity index (χ0n) is 7.80. The summed E-state index contributed by atoms with van der Waals surface area (Å²) in [4.78, 5) is 21.5. The van der Waals surface area contributed by atoms with Crippen LogP contribution in [0.1, 0.15) is 5.69 Å². The molecule has 4 heteroatoms. The van der Waals surface area contributed by atoms with E-state index in [1.807, 2.05) is 0 Å². The third kappa shape index (κ3) is 2.58. The third-order valence-corrected chi connectivity index (χ3v) is 1.82. The van der Waals surface area contributed by atoms with Crippen LogP contribution in [0, 0.1) is 6.92 Å². The Morgan fingerprint density at radius 3 is 2.86 bits per heavy atom. The van der Waals surface area contributed by atoms with Gasteiger partial charge in [-0.2, -0.15) is 0 Å². The Balaban J connectivity index is 2.87. The summed E-state index contributed by atoms with van der Waals surface area (Å²) in [6.07, 6.45) is 2.47. The number of pyridine rings is 1. The molecule has 0 aliphatic rings. The third-order valence-electron chi connectivity index (χ3n) is 1.82. The van der Waals surface area contributed by atoms with Crippen LogP contribution in [0.25, 0.3) is 0 Å². The summed E-state index contributed by atoms with van der Waals surface area (Å²) in [5.74, 6) is -1.01. The molecule has 0 amide bonds. The van der Waals surface area contributed by atoms with E-state index in [2.05, 4.69) is 0 Å². The number of carboxylic acid groups (broad SMARTS) is 1. The SMILES string of the molecule is Cc1cccc(=O)n1C/C=C/C(=O)O. The van der Waals surface area contributed by atoms with Crippen molar-refractivity contribution in [1.29, 1.82) is 0 Å². The smallest absolute Gasteiger partial charge is 0.328 e. The van der Waals surface area contributed by atoms with Crippen molar-refractivity contribution in [1.82, 2.24) is 4.57 Å². The Hall–Kier alpha value is -1.84. The lowest BCUT2D eigenvalue weighted by atomic mass is 10.3. The highest BCUT2D eigenvalue weighted by Gasteiger charge is 1.95. The zero-order chi connectivity index (χ0) is 10.6. The quantitative estimate of drug-likeness (QED) is 0.722. The molecule has 0 bridgehead atoms. The number of aryl methyl sites for hydroxylation is 1. The molecule has 1 rings (SSSR count). The topological polar surface area (TPSA) is 59.3 Å². The highest BCUT2D eigenvalue weighted by Crippen LogP contribution is 1.93. The molecule has 0 aliphatic heterocycles. The van der Waals surface area contributed by atoms with Crippen molar-refractivity contribution in [3.8, 4) is 0 Å². The van der Waals surface area contributed by atoms with Crippen LogP contribution in [0.15, 0.2) is 35.1 Å². The van der Waals surface area contributed by atoms with Gasteiger partial charge in [-0.15, -0.1) is 0 Å². The summed E-state index contributed by atoms with van der Waals surface area (Å²) < 4.78 is 1.50. The minimum Gasteiger partial charge on any atom is -0.478 e. The van der Waals surface area contributed by atoms with E-state index in [0.717, 1.165) is 11.8 Å². The maximum absolute atomic E-state index is 11.3. The number of hydrogen-bond acceptors (Lipinski definition) is 2. The van der Waals surface area contributed by atoms with Gasteiger partial charge in [0.1, 0.15) is 0 Å². The molecule has 1 aromatic heterocycles. The lowest BCUT2D eigenvalue weighted by Gasteiger charge is -2.04. The summed E-state index contributed by atoms with van der Waals surface area (Å²) >= 11 is 0. The zero-order valence-corrected chi connectivity index (χ0v) is 7.80. The van der Waals surface area contributed by atoms with E-state index in [1.54, 1.807) is 19.1 Å². The number of hydrogen-bond donors (Lipinski definition) is 1. The van der Waals surface area contributed by atoms with E-state index in [1.165, 1.54) is 16.7 Å². The molecule has 0 aliphatic carbocycles. The molecule has 0 unspecified atom stereocenters. The molecule has 4 nitrogen and oxygen atoms in total. The lowest BCUT2D eigenvalue weighted by molar-refractivity contribution is -0.131. The van der Waals surface area contributed by atoms with Crippen molar-refractivity contribution < 1.29 is 9.90 Å². The number of nitrogens with zero attached hydrogens (tertiary/aromatic N) is 1. The fourth-order valence-corrected chi connectivity index (χ4v) is 1.12. The standard InChI is InChI=1S/C10H11NO3/c1-8-4-2-5-9(12)11(8)7-3-6-10(13)14/h2-6H,7H2,1H3,(H,13,14)/b6-3+. The highest BCUT2D eigenvalue weighted by atomic mass is 16.4. The Bertz CT molecular complexity index is 418. The molecule has 74 valence electrons. The van der Waals surface area contributed by atoms with Gasteiger partial charge >= 0.3 is 5.97 Å². The number of aromatic nitrogens is 1. The molecule has 0 saturated carbocycles. The van der Waals surface area contributed by atoms with Crippen molar-refractivity contribution >= 4 is 5.97 Å². The largest absolute Gasteiger partial charge is 0.478 e.